The molecule has 0 aliphatic rings. The van der Waals surface area contributed by atoms with Gasteiger partial charge in [0.15, 0.2) is 0 Å². The summed E-state index contributed by atoms with van der Waals surface area (Å²) in [6, 6.07) is 7.26. The maximum atomic E-state index is 11.9. The second kappa shape index (κ2) is 8.03. The van der Waals surface area contributed by atoms with E-state index >= 15 is 0 Å². The highest BCUT2D eigenvalue weighted by Gasteiger charge is 2.27. The third kappa shape index (κ3) is 7.34. The summed E-state index contributed by atoms with van der Waals surface area (Å²) in [6.45, 7) is 4.25. The van der Waals surface area contributed by atoms with Crippen molar-refractivity contribution in [1.29, 1.82) is 0 Å². The molecule has 1 rings (SSSR count). The summed E-state index contributed by atoms with van der Waals surface area (Å²) in [5, 5.41) is 6.52. The zero-order valence-electron chi connectivity index (χ0n) is 13.9. The Balaban J connectivity index is 2.39. The number of rotatable bonds is 6. The van der Waals surface area contributed by atoms with Crippen molar-refractivity contribution in [1.82, 2.24) is 16.0 Å². The number of urea groups is 1. The van der Waals surface area contributed by atoms with Crippen LogP contribution in [-0.4, -0.2) is 37.7 Å². The van der Waals surface area contributed by atoms with Gasteiger partial charge in [0.05, 0.1) is 6.54 Å². The van der Waals surface area contributed by atoms with E-state index in [0.717, 1.165) is 11.1 Å². The van der Waals surface area contributed by atoms with Crippen molar-refractivity contribution in [3.63, 3.8) is 0 Å². The molecule has 0 aliphatic heterocycles. The van der Waals surface area contributed by atoms with Crippen molar-refractivity contribution >= 4 is 11.9 Å². The SMILES string of the molecule is Cc1cccc(C(C)(C)CNC(=O)NCC(=O)NCC(F)(F)F)c1. The number of carbonyl (C=O) groups is 2. The molecule has 0 bridgehead atoms. The molecule has 0 atom stereocenters. The van der Waals surface area contributed by atoms with Gasteiger partial charge in [0, 0.05) is 12.0 Å². The topological polar surface area (TPSA) is 70.2 Å². The predicted molar refractivity (Wildman–Crippen MR) is 84.7 cm³/mol. The number of carbonyl (C=O) groups excluding carboxylic acids is 2. The molecule has 1 aromatic rings. The van der Waals surface area contributed by atoms with Crippen LogP contribution in [0.1, 0.15) is 25.0 Å². The van der Waals surface area contributed by atoms with Crippen LogP contribution in [0.15, 0.2) is 24.3 Å². The second-order valence-electron chi connectivity index (χ2n) is 6.18. The third-order valence-corrected chi connectivity index (χ3v) is 3.39. The van der Waals surface area contributed by atoms with Crippen molar-refractivity contribution in [2.24, 2.45) is 0 Å². The van der Waals surface area contributed by atoms with E-state index in [1.807, 2.05) is 45.0 Å². The van der Waals surface area contributed by atoms with Gasteiger partial charge in [-0.3, -0.25) is 4.79 Å². The second-order valence-corrected chi connectivity index (χ2v) is 6.18. The Hall–Kier alpha value is -2.25. The molecule has 0 fully saturated rings. The molecule has 1 aromatic carbocycles. The molecule has 24 heavy (non-hydrogen) atoms. The van der Waals surface area contributed by atoms with Crippen molar-refractivity contribution in [3.8, 4) is 0 Å². The van der Waals surface area contributed by atoms with Gasteiger partial charge < -0.3 is 16.0 Å². The van der Waals surface area contributed by atoms with E-state index in [-0.39, 0.29) is 5.41 Å². The molecule has 5 nitrogen and oxygen atoms in total. The van der Waals surface area contributed by atoms with Gasteiger partial charge in [0.25, 0.3) is 0 Å². The summed E-state index contributed by atoms with van der Waals surface area (Å²) in [5.74, 6) is -0.902. The minimum Gasteiger partial charge on any atom is -0.345 e. The number of alkyl halides is 3. The number of halogens is 3. The first-order valence-electron chi connectivity index (χ1n) is 7.42. The summed E-state index contributed by atoms with van der Waals surface area (Å²) >= 11 is 0. The minimum atomic E-state index is -4.48. The monoisotopic (exact) mass is 345 g/mol. The van der Waals surface area contributed by atoms with E-state index in [2.05, 4.69) is 10.6 Å². The third-order valence-electron chi connectivity index (χ3n) is 3.39. The molecular weight excluding hydrogens is 323 g/mol. The Morgan fingerprint density at radius 1 is 1.04 bits per heavy atom. The summed E-state index contributed by atoms with van der Waals surface area (Å²) in [5.41, 5.74) is 1.82. The van der Waals surface area contributed by atoms with Crippen molar-refractivity contribution < 1.29 is 22.8 Å². The van der Waals surface area contributed by atoms with Gasteiger partial charge in [-0.1, -0.05) is 43.7 Å². The lowest BCUT2D eigenvalue weighted by Gasteiger charge is -2.26. The molecule has 0 aliphatic carbocycles. The maximum absolute atomic E-state index is 11.9. The van der Waals surface area contributed by atoms with Crippen LogP contribution in [0.5, 0.6) is 0 Å². The molecule has 0 aromatic heterocycles. The van der Waals surface area contributed by atoms with Crippen LogP contribution < -0.4 is 16.0 Å². The largest absolute Gasteiger partial charge is 0.405 e. The number of amides is 3. The van der Waals surface area contributed by atoms with Crippen molar-refractivity contribution in [3.05, 3.63) is 35.4 Å². The van der Waals surface area contributed by atoms with Crippen LogP contribution in [0.3, 0.4) is 0 Å². The number of aryl methyl sites for hydroxylation is 1. The smallest absolute Gasteiger partial charge is 0.345 e. The van der Waals surface area contributed by atoms with E-state index in [1.54, 1.807) is 5.32 Å². The molecule has 3 N–H and O–H groups in total. The Bertz CT molecular complexity index is 586. The summed E-state index contributed by atoms with van der Waals surface area (Å²) < 4.78 is 35.8. The quantitative estimate of drug-likeness (QED) is 0.740. The zero-order chi connectivity index (χ0) is 18.4. The van der Waals surface area contributed by atoms with Crippen LogP contribution in [0.2, 0.25) is 0 Å². The fraction of sp³-hybridized carbons (Fsp3) is 0.500. The molecule has 134 valence electrons. The van der Waals surface area contributed by atoms with Crippen LogP contribution in [0.4, 0.5) is 18.0 Å². The van der Waals surface area contributed by atoms with Crippen LogP contribution in [-0.2, 0) is 10.2 Å². The molecule has 0 unspecified atom stereocenters. The lowest BCUT2D eigenvalue weighted by atomic mass is 9.84. The standard InChI is InChI=1S/C16H22F3N3O2/c1-11-5-4-6-12(7-11)15(2,3)9-22-14(24)20-8-13(23)21-10-16(17,18)19/h4-7H,8-10H2,1-3H3,(H,21,23)(H2,20,22,24). The minimum absolute atomic E-state index is 0.312. The highest BCUT2D eigenvalue weighted by atomic mass is 19.4. The molecular formula is C16H22F3N3O2. The van der Waals surface area contributed by atoms with Crippen molar-refractivity contribution in [2.75, 3.05) is 19.6 Å². The molecule has 3 amide bonds. The van der Waals surface area contributed by atoms with E-state index in [4.69, 9.17) is 0 Å². The first-order chi connectivity index (χ1) is 11.0. The number of nitrogens with one attached hydrogen (secondary N) is 3. The van der Waals surface area contributed by atoms with Crippen LogP contribution in [0.25, 0.3) is 0 Å². The summed E-state index contributed by atoms with van der Waals surface area (Å²) in [7, 11) is 0. The first-order valence-corrected chi connectivity index (χ1v) is 7.42. The van der Waals surface area contributed by atoms with Crippen molar-refractivity contribution in [2.45, 2.75) is 32.4 Å². The van der Waals surface area contributed by atoms with Gasteiger partial charge in [0.1, 0.15) is 6.54 Å². The molecule has 0 radical (unpaired) electrons. The predicted octanol–water partition coefficient (Wildman–Crippen LogP) is 2.25. The maximum Gasteiger partial charge on any atom is 0.405 e. The summed E-state index contributed by atoms with van der Waals surface area (Å²) in [4.78, 5) is 22.9. The molecule has 0 spiro atoms. The Morgan fingerprint density at radius 2 is 1.71 bits per heavy atom. The van der Waals surface area contributed by atoms with Gasteiger partial charge >= 0.3 is 12.2 Å². The molecule has 0 saturated heterocycles. The molecule has 8 heteroatoms. The van der Waals surface area contributed by atoms with Gasteiger partial charge in [-0.25, -0.2) is 4.79 Å². The van der Waals surface area contributed by atoms with E-state index < -0.39 is 31.2 Å². The average molecular weight is 345 g/mol. The van der Waals surface area contributed by atoms with Gasteiger partial charge in [-0.2, -0.15) is 13.2 Å². The van der Waals surface area contributed by atoms with Gasteiger partial charge in [0.2, 0.25) is 5.91 Å². The first kappa shape index (κ1) is 19.8. The normalized spacial score (nSPS) is 11.8. The molecule has 0 heterocycles. The summed E-state index contributed by atoms with van der Waals surface area (Å²) in [6.07, 6.45) is -4.48. The number of benzene rings is 1. The zero-order valence-corrected chi connectivity index (χ0v) is 13.9. The van der Waals surface area contributed by atoms with Crippen LogP contribution in [0, 0.1) is 6.92 Å². The highest BCUT2D eigenvalue weighted by molar-refractivity contribution is 5.83. The highest BCUT2D eigenvalue weighted by Crippen LogP contribution is 2.22. The molecule has 0 saturated carbocycles. The van der Waals surface area contributed by atoms with Gasteiger partial charge in [-0.05, 0) is 12.5 Å². The van der Waals surface area contributed by atoms with Crippen LogP contribution >= 0.6 is 0 Å². The lowest BCUT2D eigenvalue weighted by molar-refractivity contribution is -0.137. The number of hydrogen-bond donors (Lipinski definition) is 3. The lowest BCUT2D eigenvalue weighted by Crippen LogP contribution is -2.46. The van der Waals surface area contributed by atoms with E-state index in [0.29, 0.717) is 6.54 Å². The fourth-order valence-electron chi connectivity index (χ4n) is 1.95. The Morgan fingerprint density at radius 3 is 2.29 bits per heavy atom. The Labute approximate surface area is 139 Å². The average Bonchev–Trinajstić information content (AvgIpc) is 2.48. The van der Waals surface area contributed by atoms with Gasteiger partial charge in [-0.15, -0.1) is 0 Å². The number of hydrogen-bond acceptors (Lipinski definition) is 2. The van der Waals surface area contributed by atoms with E-state index in [9.17, 15) is 22.8 Å². The Kier molecular flexibility index (Phi) is 6.62. The fourth-order valence-corrected chi connectivity index (χ4v) is 1.95. The van der Waals surface area contributed by atoms with E-state index in [1.165, 1.54) is 0 Å².